The first-order valence-corrected chi connectivity index (χ1v) is 14.0. The maximum atomic E-state index is 4.65. The molecule has 0 saturated heterocycles. The van der Waals surface area contributed by atoms with Crippen LogP contribution in [-0.2, 0) is 20.4 Å². The molecule has 6 nitrogen and oxygen atoms in total. The third-order valence-electron chi connectivity index (χ3n) is 8.38. The minimum absolute atomic E-state index is 0. The van der Waals surface area contributed by atoms with Crippen molar-refractivity contribution >= 4 is 46.5 Å². The Hall–Kier alpha value is -4.76. The summed E-state index contributed by atoms with van der Waals surface area (Å²) in [5.41, 5.74) is 12.1. The van der Waals surface area contributed by atoms with Gasteiger partial charge in [-0.15, -0.1) is 53.8 Å². The average Bonchev–Trinajstić information content (AvgIpc) is 3.40. The molecule has 8 heteroatoms. The van der Waals surface area contributed by atoms with Gasteiger partial charge in [0.05, 0.1) is 0 Å². The molecule has 0 radical (unpaired) electrons. The molecule has 208 valence electrons. The van der Waals surface area contributed by atoms with Crippen LogP contribution in [0.1, 0.15) is 0 Å². The van der Waals surface area contributed by atoms with Gasteiger partial charge in [-0.25, -0.2) is 9.97 Å². The Morgan fingerprint density at radius 1 is 0.628 bits per heavy atom. The third kappa shape index (κ3) is 3.80. The van der Waals surface area contributed by atoms with E-state index in [1.165, 1.54) is 22.1 Å². The van der Waals surface area contributed by atoms with Gasteiger partial charge in [-0.05, 0) is 18.8 Å². The first-order chi connectivity index (χ1) is 20.8. The summed E-state index contributed by atoms with van der Waals surface area (Å²) in [5, 5.41) is 0. The summed E-state index contributed by atoms with van der Waals surface area (Å²) in [6, 6.07) is 39.8. The summed E-state index contributed by atoms with van der Waals surface area (Å²) in [7, 11) is 1.99. The second-order valence-electron chi connectivity index (χ2n) is 10.7. The van der Waals surface area contributed by atoms with E-state index in [1.807, 2.05) is 43.0 Å². The zero-order valence-electron chi connectivity index (χ0n) is 23.0. The standard InChI is InChI=1S/C35H22BN6.Pd/c1-40-22-41(35-34(40)38-18-19-39-35)24-14-16-28-26-9-3-5-11-30(26)36-29-10-4-2-8-25(29)27-15-13-23(31-12-6-7-17-37-31)20-32(27)42(36)33(28)21-24;/h2-19,22H,1H3;/q-3;. The predicted molar refractivity (Wildman–Crippen MR) is 169 cm³/mol. The van der Waals surface area contributed by atoms with Crippen molar-refractivity contribution in [2.45, 2.75) is 0 Å². The van der Waals surface area contributed by atoms with Crippen LogP contribution >= 0.6 is 0 Å². The average molecular weight is 644 g/mol. The molecule has 0 N–H and O–H groups in total. The summed E-state index contributed by atoms with van der Waals surface area (Å²) in [6.45, 7) is 1.98. The van der Waals surface area contributed by atoms with Crippen molar-refractivity contribution in [2.24, 2.45) is 0 Å². The Morgan fingerprint density at radius 3 is 2.00 bits per heavy atom. The van der Waals surface area contributed by atoms with Crippen LogP contribution in [0.15, 0.2) is 110 Å². The Balaban J connectivity index is 0.00000278. The molecule has 9 rings (SSSR count). The first-order valence-electron chi connectivity index (χ1n) is 14.0. The van der Waals surface area contributed by atoms with Crippen molar-refractivity contribution in [1.29, 1.82) is 0 Å². The second kappa shape index (κ2) is 9.91. The van der Waals surface area contributed by atoms with E-state index < -0.39 is 0 Å². The maximum absolute atomic E-state index is 4.65. The van der Waals surface area contributed by atoms with E-state index in [9.17, 15) is 0 Å². The number of nitrogens with zero attached hydrogens (tertiary/aromatic N) is 6. The minimum atomic E-state index is -0.0311. The molecule has 0 spiro atoms. The summed E-state index contributed by atoms with van der Waals surface area (Å²) >= 11 is 0. The summed E-state index contributed by atoms with van der Waals surface area (Å²) in [5.74, 6) is 1.61. The van der Waals surface area contributed by atoms with Crippen LogP contribution in [0.25, 0.3) is 33.5 Å². The Morgan fingerprint density at radius 2 is 1.28 bits per heavy atom. The zero-order chi connectivity index (χ0) is 27.8. The van der Waals surface area contributed by atoms with Crippen molar-refractivity contribution in [2.75, 3.05) is 21.7 Å². The minimum Gasteiger partial charge on any atom is -0.487 e. The molecule has 0 saturated carbocycles. The van der Waals surface area contributed by atoms with Gasteiger partial charge in [0.2, 0.25) is 0 Å². The molecule has 3 aliphatic heterocycles. The van der Waals surface area contributed by atoms with Gasteiger partial charge >= 0.3 is 6.85 Å². The Bertz CT molecular complexity index is 2030. The van der Waals surface area contributed by atoms with Gasteiger partial charge in [-0.3, -0.25) is 0 Å². The van der Waals surface area contributed by atoms with E-state index in [-0.39, 0.29) is 27.3 Å². The van der Waals surface area contributed by atoms with Crippen LogP contribution in [0.3, 0.4) is 0 Å². The van der Waals surface area contributed by atoms with E-state index in [1.54, 1.807) is 12.4 Å². The van der Waals surface area contributed by atoms with E-state index in [2.05, 4.69) is 110 Å². The van der Waals surface area contributed by atoms with Gasteiger partial charge in [0.25, 0.3) is 0 Å². The fourth-order valence-electron chi connectivity index (χ4n) is 6.56. The van der Waals surface area contributed by atoms with Gasteiger partial charge in [0.1, 0.15) is 11.6 Å². The quantitative estimate of drug-likeness (QED) is 0.177. The number of aromatic nitrogens is 3. The number of fused-ring (bicyclic) bond motifs is 12. The molecule has 0 bridgehead atoms. The number of anilines is 5. The van der Waals surface area contributed by atoms with Crippen molar-refractivity contribution in [3.05, 3.63) is 128 Å². The van der Waals surface area contributed by atoms with Gasteiger partial charge < -0.3 is 19.6 Å². The number of rotatable bonds is 2. The molecule has 0 amide bonds. The SMILES string of the molecule is CN1[CH-]N(c2[c-]c3c(cc2)-c2ccccc2B2c4ccccc4-c4ccc(-c5ccccn5)[c-]c4N23)c2nccnc21.[Pd]. The van der Waals surface area contributed by atoms with Crippen LogP contribution in [0.5, 0.6) is 0 Å². The molecule has 0 unspecified atom stereocenters. The zero-order valence-corrected chi connectivity index (χ0v) is 24.6. The molecular formula is C35H22BN6Pd-3. The van der Waals surface area contributed by atoms with Crippen molar-refractivity contribution < 1.29 is 20.4 Å². The van der Waals surface area contributed by atoms with Gasteiger partial charge in [-0.1, -0.05) is 99.7 Å². The van der Waals surface area contributed by atoms with Crippen molar-refractivity contribution in [3.8, 4) is 33.5 Å². The van der Waals surface area contributed by atoms with Gasteiger partial charge in [0, 0.05) is 39.0 Å². The fraction of sp³-hybridized carbons (Fsp3) is 0.0286. The molecule has 3 aliphatic rings. The van der Waals surface area contributed by atoms with Crippen molar-refractivity contribution in [3.63, 3.8) is 0 Å². The smallest absolute Gasteiger partial charge is 0.324 e. The van der Waals surface area contributed by atoms with Gasteiger partial charge in [-0.2, -0.15) is 6.07 Å². The van der Waals surface area contributed by atoms with E-state index in [4.69, 9.17) is 0 Å². The molecule has 5 heterocycles. The van der Waals surface area contributed by atoms with Crippen LogP contribution in [-0.4, -0.2) is 28.8 Å². The summed E-state index contributed by atoms with van der Waals surface area (Å²) in [4.78, 5) is 20.3. The molecule has 0 fully saturated rings. The van der Waals surface area contributed by atoms with Crippen LogP contribution in [0.2, 0.25) is 0 Å². The third-order valence-corrected chi connectivity index (χ3v) is 8.38. The number of pyridine rings is 1. The van der Waals surface area contributed by atoms with Crippen LogP contribution in [0.4, 0.5) is 28.7 Å². The monoisotopic (exact) mass is 643 g/mol. The molecule has 43 heavy (non-hydrogen) atoms. The van der Waals surface area contributed by atoms with Crippen molar-refractivity contribution in [1.82, 2.24) is 15.0 Å². The second-order valence-corrected chi connectivity index (χ2v) is 10.7. The summed E-state index contributed by atoms with van der Waals surface area (Å²) in [6.07, 6.45) is 5.29. The largest absolute Gasteiger partial charge is 0.487 e. The number of benzene rings is 4. The molecule has 0 aliphatic carbocycles. The number of hydrogen-bond acceptors (Lipinski definition) is 6. The fourth-order valence-corrected chi connectivity index (χ4v) is 6.56. The van der Waals surface area contributed by atoms with Crippen LogP contribution in [0, 0.1) is 18.8 Å². The molecule has 0 atom stereocenters. The maximum Gasteiger partial charge on any atom is 0.324 e. The van der Waals surface area contributed by atoms with E-state index >= 15 is 0 Å². The number of hydrogen-bond donors (Lipinski definition) is 0. The van der Waals surface area contributed by atoms with Gasteiger partial charge in [0.15, 0.2) is 0 Å². The molecule has 6 aromatic rings. The molecule has 2 aromatic heterocycles. The molecule has 4 aromatic carbocycles. The summed E-state index contributed by atoms with van der Waals surface area (Å²) < 4.78 is 0. The van der Waals surface area contributed by atoms with E-state index in [0.29, 0.717) is 0 Å². The normalized spacial score (nSPS) is 13.7. The predicted octanol–water partition coefficient (Wildman–Crippen LogP) is 5.75. The Labute approximate surface area is 264 Å². The topological polar surface area (TPSA) is 48.4 Å². The Kier molecular flexibility index (Phi) is 5.97. The van der Waals surface area contributed by atoms with Crippen LogP contribution < -0.4 is 25.5 Å². The molecular weight excluding hydrogens is 622 g/mol. The first kappa shape index (κ1) is 25.9. The van der Waals surface area contributed by atoms with E-state index in [0.717, 1.165) is 51.1 Å².